The van der Waals surface area contributed by atoms with Crippen LogP contribution in [0.15, 0.2) is 30.5 Å². The first-order valence-electron chi connectivity index (χ1n) is 5.78. The number of rotatable bonds is 4. The van der Waals surface area contributed by atoms with Crippen LogP contribution in [-0.4, -0.2) is 12.1 Å². The summed E-state index contributed by atoms with van der Waals surface area (Å²) < 4.78 is 18.4. The summed E-state index contributed by atoms with van der Waals surface area (Å²) in [6.07, 6.45) is 1.70. The van der Waals surface area contributed by atoms with Crippen molar-refractivity contribution < 1.29 is 9.13 Å². The van der Waals surface area contributed by atoms with E-state index < -0.39 is 0 Å². The number of aryl methyl sites for hydroxylation is 1. The molecule has 2 rings (SSSR count). The number of hydrogen-bond acceptors (Lipinski definition) is 3. The summed E-state index contributed by atoms with van der Waals surface area (Å²) in [6, 6.07) is 6.73. The van der Waals surface area contributed by atoms with E-state index in [9.17, 15) is 4.39 Å². The van der Waals surface area contributed by atoms with E-state index in [1.807, 2.05) is 13.0 Å². The molecule has 1 aromatic carbocycles. The number of pyridine rings is 1. The van der Waals surface area contributed by atoms with Crippen LogP contribution in [0.3, 0.4) is 0 Å². The van der Waals surface area contributed by atoms with Crippen LogP contribution in [0.5, 0.6) is 5.75 Å². The summed E-state index contributed by atoms with van der Waals surface area (Å²) >= 11 is 5.97. The predicted octanol–water partition coefficient (Wildman–Crippen LogP) is 3.80. The van der Waals surface area contributed by atoms with E-state index in [-0.39, 0.29) is 11.6 Å². The molecule has 0 saturated heterocycles. The van der Waals surface area contributed by atoms with Gasteiger partial charge >= 0.3 is 0 Å². The molecule has 0 radical (unpaired) electrons. The zero-order valence-corrected chi connectivity index (χ0v) is 11.5. The van der Waals surface area contributed by atoms with Crippen molar-refractivity contribution in [3.05, 3.63) is 52.6 Å². The third-order valence-corrected chi connectivity index (χ3v) is 2.98. The van der Waals surface area contributed by atoms with E-state index in [0.29, 0.717) is 11.7 Å². The highest BCUT2D eigenvalue weighted by atomic mass is 35.5. The third-order valence-electron chi connectivity index (χ3n) is 2.67. The van der Waals surface area contributed by atoms with E-state index in [0.717, 1.165) is 16.8 Å². The standard InChI is InChI=1S/C14H14ClFN2O/c1-9-5-12(14(15)18-7-9)17-8-10-3-4-13(19-2)11(16)6-10/h3-7,17H,8H2,1-2H3. The summed E-state index contributed by atoms with van der Waals surface area (Å²) in [4.78, 5) is 4.04. The molecule has 0 unspecified atom stereocenters. The SMILES string of the molecule is COc1ccc(CNc2cc(C)cnc2Cl)cc1F. The summed E-state index contributed by atoms with van der Waals surface area (Å²) in [5, 5.41) is 3.54. The van der Waals surface area contributed by atoms with Gasteiger partial charge in [0, 0.05) is 12.7 Å². The van der Waals surface area contributed by atoms with Gasteiger partial charge in [0.15, 0.2) is 16.7 Å². The molecule has 1 N–H and O–H groups in total. The number of benzene rings is 1. The largest absolute Gasteiger partial charge is 0.494 e. The number of ether oxygens (including phenoxy) is 1. The van der Waals surface area contributed by atoms with Crippen LogP contribution in [0.25, 0.3) is 0 Å². The second-order valence-corrected chi connectivity index (χ2v) is 4.53. The Morgan fingerprint density at radius 3 is 2.84 bits per heavy atom. The topological polar surface area (TPSA) is 34.1 Å². The highest BCUT2D eigenvalue weighted by molar-refractivity contribution is 6.31. The molecule has 2 aromatic rings. The second-order valence-electron chi connectivity index (χ2n) is 4.17. The van der Waals surface area contributed by atoms with Gasteiger partial charge in [-0.25, -0.2) is 9.37 Å². The Kier molecular flexibility index (Phi) is 4.22. The Bertz CT molecular complexity index is 590. The van der Waals surface area contributed by atoms with Crippen LogP contribution < -0.4 is 10.1 Å². The van der Waals surface area contributed by atoms with Crippen LogP contribution >= 0.6 is 11.6 Å². The molecular formula is C14H14ClFN2O. The van der Waals surface area contributed by atoms with E-state index in [4.69, 9.17) is 16.3 Å². The zero-order chi connectivity index (χ0) is 13.8. The monoisotopic (exact) mass is 280 g/mol. The van der Waals surface area contributed by atoms with Crippen molar-refractivity contribution in [2.75, 3.05) is 12.4 Å². The molecule has 0 atom stereocenters. The van der Waals surface area contributed by atoms with Gasteiger partial charge in [0.1, 0.15) is 0 Å². The quantitative estimate of drug-likeness (QED) is 0.865. The maximum atomic E-state index is 13.5. The Labute approximate surface area is 116 Å². The molecule has 3 nitrogen and oxygen atoms in total. The number of aromatic nitrogens is 1. The Balaban J connectivity index is 2.10. The minimum atomic E-state index is -0.379. The predicted molar refractivity (Wildman–Crippen MR) is 74.3 cm³/mol. The van der Waals surface area contributed by atoms with Crippen LogP contribution in [0, 0.1) is 12.7 Å². The molecule has 1 heterocycles. The lowest BCUT2D eigenvalue weighted by atomic mass is 10.2. The van der Waals surface area contributed by atoms with E-state index in [2.05, 4.69) is 10.3 Å². The van der Waals surface area contributed by atoms with E-state index in [1.165, 1.54) is 13.2 Å². The molecule has 19 heavy (non-hydrogen) atoms. The number of halogens is 2. The summed E-state index contributed by atoms with van der Waals surface area (Å²) in [5.74, 6) is -0.144. The Morgan fingerprint density at radius 1 is 1.37 bits per heavy atom. The molecule has 0 amide bonds. The molecule has 0 aliphatic carbocycles. The van der Waals surface area contributed by atoms with Gasteiger partial charge in [-0.1, -0.05) is 17.7 Å². The summed E-state index contributed by atoms with van der Waals surface area (Å²) in [5.41, 5.74) is 2.54. The lowest BCUT2D eigenvalue weighted by molar-refractivity contribution is 0.386. The highest BCUT2D eigenvalue weighted by Gasteiger charge is 2.05. The minimum Gasteiger partial charge on any atom is -0.494 e. The summed E-state index contributed by atoms with van der Waals surface area (Å²) in [6.45, 7) is 2.40. The fourth-order valence-electron chi connectivity index (χ4n) is 1.69. The molecular weight excluding hydrogens is 267 g/mol. The average molecular weight is 281 g/mol. The van der Waals surface area contributed by atoms with Crippen molar-refractivity contribution >= 4 is 17.3 Å². The van der Waals surface area contributed by atoms with Crippen molar-refractivity contribution in [2.24, 2.45) is 0 Å². The molecule has 5 heteroatoms. The zero-order valence-electron chi connectivity index (χ0n) is 10.7. The van der Waals surface area contributed by atoms with Crippen molar-refractivity contribution in [1.29, 1.82) is 0 Å². The first-order valence-corrected chi connectivity index (χ1v) is 6.16. The first kappa shape index (κ1) is 13.6. The first-order chi connectivity index (χ1) is 9.10. The fraction of sp³-hybridized carbons (Fsp3) is 0.214. The number of anilines is 1. The normalized spacial score (nSPS) is 10.3. The molecule has 0 aliphatic heterocycles. The van der Waals surface area contributed by atoms with E-state index in [1.54, 1.807) is 18.3 Å². The number of hydrogen-bond donors (Lipinski definition) is 1. The Hall–Kier alpha value is -1.81. The van der Waals surface area contributed by atoms with Gasteiger partial charge in [-0.05, 0) is 36.2 Å². The van der Waals surface area contributed by atoms with Crippen LogP contribution in [0.2, 0.25) is 5.15 Å². The molecule has 100 valence electrons. The van der Waals surface area contributed by atoms with Crippen LogP contribution in [0.1, 0.15) is 11.1 Å². The Morgan fingerprint density at radius 2 is 2.16 bits per heavy atom. The lowest BCUT2D eigenvalue weighted by Crippen LogP contribution is -2.02. The van der Waals surface area contributed by atoms with Crippen molar-refractivity contribution in [1.82, 2.24) is 4.98 Å². The fourth-order valence-corrected chi connectivity index (χ4v) is 1.86. The molecule has 0 spiro atoms. The molecule has 0 bridgehead atoms. The van der Waals surface area contributed by atoms with Gasteiger partial charge in [-0.3, -0.25) is 0 Å². The average Bonchev–Trinajstić information content (AvgIpc) is 2.40. The van der Waals surface area contributed by atoms with Crippen LogP contribution in [-0.2, 0) is 6.54 Å². The maximum absolute atomic E-state index is 13.5. The van der Waals surface area contributed by atoms with Crippen LogP contribution in [0.4, 0.5) is 10.1 Å². The molecule has 0 fully saturated rings. The van der Waals surface area contributed by atoms with Gasteiger partial charge < -0.3 is 10.1 Å². The van der Waals surface area contributed by atoms with Crippen molar-refractivity contribution in [3.63, 3.8) is 0 Å². The third kappa shape index (κ3) is 3.35. The van der Waals surface area contributed by atoms with Gasteiger partial charge in [-0.2, -0.15) is 0 Å². The maximum Gasteiger partial charge on any atom is 0.165 e. The molecule has 0 aliphatic rings. The van der Waals surface area contributed by atoms with Gasteiger partial charge in [0.25, 0.3) is 0 Å². The van der Waals surface area contributed by atoms with Gasteiger partial charge in [0.05, 0.1) is 12.8 Å². The van der Waals surface area contributed by atoms with Gasteiger partial charge in [0.2, 0.25) is 0 Å². The van der Waals surface area contributed by atoms with Crippen molar-refractivity contribution in [2.45, 2.75) is 13.5 Å². The number of nitrogens with one attached hydrogen (secondary N) is 1. The highest BCUT2D eigenvalue weighted by Crippen LogP contribution is 2.22. The molecule has 0 saturated carbocycles. The number of nitrogens with zero attached hydrogens (tertiary/aromatic N) is 1. The smallest absolute Gasteiger partial charge is 0.165 e. The second kappa shape index (κ2) is 5.89. The summed E-state index contributed by atoms with van der Waals surface area (Å²) in [7, 11) is 1.44. The minimum absolute atomic E-state index is 0.235. The lowest BCUT2D eigenvalue weighted by Gasteiger charge is -2.09. The van der Waals surface area contributed by atoms with Crippen molar-refractivity contribution in [3.8, 4) is 5.75 Å². The van der Waals surface area contributed by atoms with Gasteiger partial charge in [-0.15, -0.1) is 0 Å². The molecule has 1 aromatic heterocycles. The number of methoxy groups -OCH3 is 1. The van der Waals surface area contributed by atoms with E-state index >= 15 is 0 Å².